The standard InChI is InChI=1S/C31H22N4OS/c1-32-24-13-11-22(12-14-24)17-35-21-33-16-25(35)18-34-19-28(29(20-34)31(36)30-10-5-15-37-30)27-9-4-7-23-6-2-3-8-26(23)27/h2-16,19-21H,17-18H2. The van der Waals surface area contributed by atoms with E-state index in [4.69, 9.17) is 6.57 Å². The van der Waals surface area contributed by atoms with Gasteiger partial charge in [-0.1, -0.05) is 72.8 Å². The van der Waals surface area contributed by atoms with Crippen LogP contribution in [0.1, 0.15) is 26.5 Å². The number of thiophene rings is 1. The van der Waals surface area contributed by atoms with Crippen LogP contribution >= 0.6 is 11.3 Å². The van der Waals surface area contributed by atoms with Gasteiger partial charge in [-0.15, -0.1) is 11.3 Å². The molecule has 0 spiro atoms. The van der Waals surface area contributed by atoms with Crippen LogP contribution in [0.15, 0.2) is 109 Å². The lowest BCUT2D eigenvalue weighted by atomic mass is 9.96. The molecule has 37 heavy (non-hydrogen) atoms. The number of aromatic nitrogens is 3. The van der Waals surface area contributed by atoms with Crippen molar-refractivity contribution in [2.45, 2.75) is 13.1 Å². The number of rotatable bonds is 7. The maximum absolute atomic E-state index is 13.6. The normalized spacial score (nSPS) is 11.0. The Hall–Kier alpha value is -4.73. The lowest BCUT2D eigenvalue weighted by Crippen LogP contribution is -2.07. The fourth-order valence-electron chi connectivity index (χ4n) is 4.68. The number of nitrogens with zero attached hydrogens (tertiary/aromatic N) is 4. The Bertz CT molecular complexity index is 1750. The third-order valence-corrected chi connectivity index (χ3v) is 7.38. The molecule has 0 N–H and O–H groups in total. The number of fused-ring (bicyclic) bond motifs is 1. The molecule has 0 saturated carbocycles. The Morgan fingerprint density at radius 1 is 0.892 bits per heavy atom. The topological polar surface area (TPSA) is 44.2 Å². The van der Waals surface area contributed by atoms with E-state index in [9.17, 15) is 4.79 Å². The van der Waals surface area contributed by atoms with Crippen LogP contribution in [0.2, 0.25) is 0 Å². The summed E-state index contributed by atoms with van der Waals surface area (Å²) >= 11 is 1.46. The fourth-order valence-corrected chi connectivity index (χ4v) is 5.36. The average molecular weight is 499 g/mol. The maximum Gasteiger partial charge on any atom is 0.205 e. The molecule has 6 heteroatoms. The molecule has 0 radical (unpaired) electrons. The predicted octanol–water partition coefficient (Wildman–Crippen LogP) is 7.44. The predicted molar refractivity (Wildman–Crippen MR) is 148 cm³/mol. The Labute approximate surface area is 218 Å². The van der Waals surface area contributed by atoms with Gasteiger partial charge in [0.05, 0.1) is 30.0 Å². The minimum atomic E-state index is 0.0325. The van der Waals surface area contributed by atoms with Gasteiger partial charge in [-0.05, 0) is 33.3 Å². The zero-order chi connectivity index (χ0) is 25.2. The van der Waals surface area contributed by atoms with E-state index < -0.39 is 0 Å². The SMILES string of the molecule is [C-]#[N+]c1ccc(Cn2cncc2Cn2cc(C(=O)c3cccs3)c(-c3cccc4ccccc34)c2)cc1. The van der Waals surface area contributed by atoms with E-state index in [0.717, 1.165) is 38.0 Å². The molecule has 5 nitrogen and oxygen atoms in total. The number of benzene rings is 3. The molecule has 3 aromatic carbocycles. The Morgan fingerprint density at radius 2 is 1.73 bits per heavy atom. The second-order valence-corrected chi connectivity index (χ2v) is 9.83. The summed E-state index contributed by atoms with van der Waals surface area (Å²) in [6.07, 6.45) is 7.72. The van der Waals surface area contributed by atoms with Crippen molar-refractivity contribution in [3.05, 3.63) is 142 Å². The van der Waals surface area contributed by atoms with E-state index in [0.29, 0.717) is 24.3 Å². The lowest BCUT2D eigenvalue weighted by Gasteiger charge is -2.09. The zero-order valence-corrected chi connectivity index (χ0v) is 20.7. The van der Waals surface area contributed by atoms with Crippen LogP contribution in [-0.4, -0.2) is 19.9 Å². The summed E-state index contributed by atoms with van der Waals surface area (Å²) in [7, 11) is 0. The van der Waals surface area contributed by atoms with E-state index in [2.05, 4.69) is 49.4 Å². The van der Waals surface area contributed by atoms with Crippen LogP contribution in [-0.2, 0) is 13.1 Å². The quantitative estimate of drug-likeness (QED) is 0.170. The Morgan fingerprint density at radius 3 is 2.54 bits per heavy atom. The van der Waals surface area contributed by atoms with E-state index >= 15 is 0 Å². The van der Waals surface area contributed by atoms with Crippen molar-refractivity contribution in [1.29, 1.82) is 0 Å². The van der Waals surface area contributed by atoms with Gasteiger partial charge in [-0.3, -0.25) is 4.79 Å². The second-order valence-electron chi connectivity index (χ2n) is 8.88. The largest absolute Gasteiger partial charge is 0.347 e. The number of hydrogen-bond donors (Lipinski definition) is 0. The molecule has 0 aliphatic rings. The van der Waals surface area contributed by atoms with Gasteiger partial charge in [0, 0.05) is 36.3 Å². The molecule has 0 aliphatic carbocycles. The summed E-state index contributed by atoms with van der Waals surface area (Å²) in [6, 6.07) is 25.9. The molecule has 0 unspecified atom stereocenters. The Balaban J connectivity index is 1.38. The second kappa shape index (κ2) is 9.73. The first-order chi connectivity index (χ1) is 18.2. The molecule has 0 saturated heterocycles. The zero-order valence-electron chi connectivity index (χ0n) is 19.9. The molecule has 0 fully saturated rings. The molecule has 0 bridgehead atoms. The van der Waals surface area contributed by atoms with Crippen molar-refractivity contribution in [3.63, 3.8) is 0 Å². The van der Waals surface area contributed by atoms with E-state index in [1.165, 1.54) is 11.3 Å². The molecule has 0 aliphatic heterocycles. The van der Waals surface area contributed by atoms with Gasteiger partial charge in [0.1, 0.15) is 0 Å². The van der Waals surface area contributed by atoms with Crippen molar-refractivity contribution < 1.29 is 4.79 Å². The fraction of sp³-hybridized carbons (Fsp3) is 0.0645. The van der Waals surface area contributed by atoms with Crippen LogP contribution in [0.4, 0.5) is 5.69 Å². The van der Waals surface area contributed by atoms with Crippen LogP contribution in [0.5, 0.6) is 0 Å². The summed E-state index contributed by atoms with van der Waals surface area (Å²) in [5.41, 5.74) is 5.43. The summed E-state index contributed by atoms with van der Waals surface area (Å²) < 4.78 is 4.18. The van der Waals surface area contributed by atoms with Crippen molar-refractivity contribution in [2.24, 2.45) is 0 Å². The third-order valence-electron chi connectivity index (χ3n) is 6.51. The summed E-state index contributed by atoms with van der Waals surface area (Å²) in [4.78, 5) is 22.2. The molecule has 6 rings (SSSR count). The first-order valence-corrected chi connectivity index (χ1v) is 12.8. The molecule has 3 aromatic heterocycles. The highest BCUT2D eigenvalue weighted by Crippen LogP contribution is 2.33. The number of carbonyl (C=O) groups is 1. The highest BCUT2D eigenvalue weighted by atomic mass is 32.1. The van der Waals surface area contributed by atoms with E-state index in [-0.39, 0.29) is 5.78 Å². The van der Waals surface area contributed by atoms with Crippen LogP contribution < -0.4 is 0 Å². The van der Waals surface area contributed by atoms with Gasteiger partial charge in [0.2, 0.25) is 5.78 Å². The van der Waals surface area contributed by atoms with Crippen molar-refractivity contribution in [1.82, 2.24) is 14.1 Å². The lowest BCUT2D eigenvalue weighted by molar-refractivity contribution is 0.104. The number of hydrogen-bond acceptors (Lipinski definition) is 3. The van der Waals surface area contributed by atoms with Crippen molar-refractivity contribution in [3.8, 4) is 11.1 Å². The number of carbonyl (C=O) groups excluding carboxylic acids is 1. The molecule has 3 heterocycles. The first kappa shape index (κ1) is 22.7. The van der Waals surface area contributed by atoms with Gasteiger partial charge in [-0.2, -0.15) is 0 Å². The van der Waals surface area contributed by atoms with Gasteiger partial charge in [0.15, 0.2) is 5.69 Å². The number of imidazole rings is 1. The highest BCUT2D eigenvalue weighted by Gasteiger charge is 2.20. The highest BCUT2D eigenvalue weighted by molar-refractivity contribution is 7.12. The Kier molecular flexibility index (Phi) is 5.97. The molecule has 0 amide bonds. The molecule has 178 valence electrons. The van der Waals surface area contributed by atoms with E-state index in [1.807, 2.05) is 78.7 Å². The first-order valence-electron chi connectivity index (χ1n) is 11.9. The minimum Gasteiger partial charge on any atom is -0.347 e. The van der Waals surface area contributed by atoms with Crippen LogP contribution in [0.3, 0.4) is 0 Å². The van der Waals surface area contributed by atoms with Crippen molar-refractivity contribution >= 4 is 33.6 Å². The third kappa shape index (κ3) is 4.49. The van der Waals surface area contributed by atoms with Gasteiger partial charge in [0.25, 0.3) is 0 Å². The van der Waals surface area contributed by atoms with Gasteiger partial charge >= 0.3 is 0 Å². The maximum atomic E-state index is 13.6. The van der Waals surface area contributed by atoms with Crippen LogP contribution in [0.25, 0.3) is 26.7 Å². The summed E-state index contributed by atoms with van der Waals surface area (Å²) in [5.74, 6) is 0.0325. The smallest absolute Gasteiger partial charge is 0.205 e. The average Bonchev–Trinajstić information content (AvgIpc) is 3.71. The van der Waals surface area contributed by atoms with Crippen molar-refractivity contribution in [2.75, 3.05) is 0 Å². The molecule has 6 aromatic rings. The van der Waals surface area contributed by atoms with Crippen LogP contribution in [0, 0.1) is 6.57 Å². The summed E-state index contributed by atoms with van der Waals surface area (Å²) in [5, 5.41) is 4.20. The van der Waals surface area contributed by atoms with Gasteiger partial charge < -0.3 is 9.13 Å². The number of ketones is 1. The monoisotopic (exact) mass is 498 g/mol. The summed E-state index contributed by atoms with van der Waals surface area (Å²) in [6.45, 7) is 8.39. The minimum absolute atomic E-state index is 0.0325. The van der Waals surface area contributed by atoms with Gasteiger partial charge in [-0.25, -0.2) is 9.83 Å². The van der Waals surface area contributed by atoms with E-state index in [1.54, 1.807) is 0 Å². The molecule has 0 atom stereocenters. The molecular weight excluding hydrogens is 476 g/mol. The molecular formula is C31H22N4OS.